The molecule has 3 heterocycles. The van der Waals surface area contributed by atoms with E-state index in [1.54, 1.807) is 12.1 Å². The number of carboxylic acids is 1. The minimum atomic E-state index is -1.20. The fraction of sp³-hybridized carbons (Fsp3) is 0.294. The molecule has 130 valence electrons. The topological polar surface area (TPSA) is 113 Å². The largest absolute Gasteiger partial charge is 0.477 e. The van der Waals surface area contributed by atoms with Gasteiger partial charge in [0.15, 0.2) is 0 Å². The fourth-order valence-corrected chi connectivity index (χ4v) is 2.81. The third-order valence-electron chi connectivity index (χ3n) is 4.02. The number of carbonyl (C=O) groups is 3. The van der Waals surface area contributed by atoms with Gasteiger partial charge < -0.3 is 19.7 Å². The van der Waals surface area contributed by atoms with Gasteiger partial charge in [0.1, 0.15) is 23.2 Å². The minimum absolute atomic E-state index is 0.0191. The van der Waals surface area contributed by atoms with Crippen molar-refractivity contribution in [2.75, 3.05) is 6.54 Å². The Kier molecular flexibility index (Phi) is 4.78. The van der Waals surface area contributed by atoms with Gasteiger partial charge in [0.2, 0.25) is 5.91 Å². The molecule has 0 radical (unpaired) electrons. The highest BCUT2D eigenvalue weighted by Crippen LogP contribution is 2.20. The van der Waals surface area contributed by atoms with E-state index in [9.17, 15) is 14.4 Å². The predicted molar refractivity (Wildman–Crippen MR) is 85.8 cm³/mol. The summed E-state index contributed by atoms with van der Waals surface area (Å²) in [6.45, 7) is 0.674. The van der Waals surface area contributed by atoms with E-state index in [1.807, 2.05) is 0 Å². The van der Waals surface area contributed by atoms with Gasteiger partial charge in [-0.25, -0.2) is 9.78 Å². The molecule has 8 nitrogen and oxygen atoms in total. The molecule has 1 atom stereocenters. The summed E-state index contributed by atoms with van der Waals surface area (Å²) in [4.78, 5) is 41.3. The fourth-order valence-electron chi connectivity index (χ4n) is 2.81. The number of carbonyl (C=O) groups excluding carboxylic acids is 2. The van der Waals surface area contributed by atoms with E-state index in [2.05, 4.69) is 10.3 Å². The van der Waals surface area contributed by atoms with Crippen LogP contribution in [0.25, 0.3) is 0 Å². The number of likely N-dealkylation sites (tertiary alicyclic amines) is 1. The second-order valence-electron chi connectivity index (χ2n) is 5.67. The first-order chi connectivity index (χ1) is 12.1. The van der Waals surface area contributed by atoms with E-state index in [4.69, 9.17) is 9.52 Å². The molecule has 0 unspecified atom stereocenters. The molecule has 0 bridgehead atoms. The molecule has 2 amide bonds. The van der Waals surface area contributed by atoms with Crippen LogP contribution in [0, 0.1) is 0 Å². The van der Waals surface area contributed by atoms with Gasteiger partial charge in [-0.15, -0.1) is 0 Å². The standard InChI is InChI=1S/C17H17N3O5/c21-15(18-10-11-4-3-9-25-11)14-7-2-8-20(14)16(22)12-5-1-6-13(19-12)17(23)24/h1,3-6,9,14H,2,7-8,10H2,(H,18,21)(H,23,24)/t14-/m1/s1. The summed E-state index contributed by atoms with van der Waals surface area (Å²) in [6.07, 6.45) is 2.77. The lowest BCUT2D eigenvalue weighted by Crippen LogP contribution is -2.46. The molecule has 25 heavy (non-hydrogen) atoms. The third-order valence-corrected chi connectivity index (χ3v) is 4.02. The van der Waals surface area contributed by atoms with Gasteiger partial charge >= 0.3 is 5.97 Å². The molecule has 1 aliphatic heterocycles. The summed E-state index contributed by atoms with van der Waals surface area (Å²) in [6, 6.07) is 7.11. The molecule has 2 aromatic rings. The van der Waals surface area contributed by atoms with Gasteiger partial charge in [-0.05, 0) is 37.1 Å². The number of amides is 2. The lowest BCUT2D eigenvalue weighted by Gasteiger charge is -2.23. The number of rotatable bonds is 5. The normalized spacial score (nSPS) is 16.6. The van der Waals surface area contributed by atoms with E-state index < -0.39 is 17.9 Å². The Morgan fingerprint density at radius 1 is 1.24 bits per heavy atom. The average molecular weight is 343 g/mol. The molecule has 0 saturated carbocycles. The van der Waals surface area contributed by atoms with E-state index in [-0.39, 0.29) is 23.8 Å². The summed E-state index contributed by atoms with van der Waals surface area (Å²) in [5, 5.41) is 11.7. The van der Waals surface area contributed by atoms with E-state index >= 15 is 0 Å². The Hall–Kier alpha value is -3.16. The van der Waals surface area contributed by atoms with Crippen LogP contribution in [-0.4, -0.2) is 45.4 Å². The third kappa shape index (κ3) is 3.68. The Labute approximate surface area is 143 Å². The first-order valence-corrected chi connectivity index (χ1v) is 7.87. The average Bonchev–Trinajstić information content (AvgIpc) is 3.30. The molecule has 0 spiro atoms. The summed E-state index contributed by atoms with van der Waals surface area (Å²) in [7, 11) is 0. The zero-order valence-electron chi connectivity index (χ0n) is 13.3. The first kappa shape index (κ1) is 16.7. The smallest absolute Gasteiger partial charge is 0.354 e. The molecular formula is C17H17N3O5. The molecule has 2 N–H and O–H groups in total. The first-order valence-electron chi connectivity index (χ1n) is 7.87. The van der Waals surface area contributed by atoms with Gasteiger partial charge in [-0.3, -0.25) is 9.59 Å². The second kappa shape index (κ2) is 7.16. The second-order valence-corrected chi connectivity index (χ2v) is 5.67. The highest BCUT2D eigenvalue weighted by Gasteiger charge is 2.35. The molecule has 0 aliphatic carbocycles. The predicted octanol–water partition coefficient (Wildman–Crippen LogP) is 1.29. The molecule has 8 heteroatoms. The van der Waals surface area contributed by atoms with Crippen LogP contribution in [0.2, 0.25) is 0 Å². The van der Waals surface area contributed by atoms with Crippen LogP contribution in [0.4, 0.5) is 0 Å². The quantitative estimate of drug-likeness (QED) is 0.846. The lowest BCUT2D eigenvalue weighted by atomic mass is 10.2. The number of pyridine rings is 1. The Morgan fingerprint density at radius 3 is 2.76 bits per heavy atom. The van der Waals surface area contributed by atoms with E-state index in [0.29, 0.717) is 25.1 Å². The number of hydrogen-bond donors (Lipinski definition) is 2. The highest BCUT2D eigenvalue weighted by molar-refractivity contribution is 5.97. The van der Waals surface area contributed by atoms with Crippen LogP contribution in [0.3, 0.4) is 0 Å². The van der Waals surface area contributed by atoms with Crippen LogP contribution < -0.4 is 5.32 Å². The van der Waals surface area contributed by atoms with E-state index in [0.717, 1.165) is 0 Å². The monoisotopic (exact) mass is 343 g/mol. The number of nitrogens with zero attached hydrogens (tertiary/aromatic N) is 2. The van der Waals surface area contributed by atoms with Crippen LogP contribution in [0.15, 0.2) is 41.0 Å². The molecule has 0 aromatic carbocycles. The van der Waals surface area contributed by atoms with Gasteiger partial charge in [-0.1, -0.05) is 6.07 Å². The van der Waals surface area contributed by atoms with Crippen molar-refractivity contribution >= 4 is 17.8 Å². The van der Waals surface area contributed by atoms with Gasteiger partial charge in [0, 0.05) is 6.54 Å². The van der Waals surface area contributed by atoms with Crippen LogP contribution in [0.5, 0.6) is 0 Å². The number of furan rings is 1. The highest BCUT2D eigenvalue weighted by atomic mass is 16.4. The van der Waals surface area contributed by atoms with Crippen molar-refractivity contribution in [3.8, 4) is 0 Å². The van der Waals surface area contributed by atoms with Crippen molar-refractivity contribution in [1.82, 2.24) is 15.2 Å². The SMILES string of the molecule is O=C(O)c1cccc(C(=O)N2CCC[C@@H]2C(=O)NCc2ccco2)n1. The summed E-state index contributed by atoms with van der Waals surface area (Å²) in [5.41, 5.74) is -0.186. The number of carboxylic acid groups (broad SMARTS) is 1. The van der Waals surface area contributed by atoms with Gasteiger partial charge in [0.25, 0.3) is 5.91 Å². The molecule has 1 fully saturated rings. The number of nitrogens with one attached hydrogen (secondary N) is 1. The Bertz CT molecular complexity index is 787. The maximum absolute atomic E-state index is 12.6. The molecule has 1 aliphatic rings. The van der Waals surface area contributed by atoms with Crippen molar-refractivity contribution in [1.29, 1.82) is 0 Å². The number of aromatic nitrogens is 1. The van der Waals surface area contributed by atoms with Gasteiger partial charge in [-0.2, -0.15) is 0 Å². The summed E-state index contributed by atoms with van der Waals surface area (Å²) in [5.74, 6) is -1.29. The summed E-state index contributed by atoms with van der Waals surface area (Å²) < 4.78 is 5.16. The van der Waals surface area contributed by atoms with Crippen LogP contribution in [0.1, 0.15) is 39.6 Å². The molecular weight excluding hydrogens is 326 g/mol. The molecule has 2 aromatic heterocycles. The van der Waals surface area contributed by atoms with Crippen molar-refractivity contribution < 1.29 is 23.9 Å². The Morgan fingerprint density at radius 2 is 2.04 bits per heavy atom. The number of hydrogen-bond acceptors (Lipinski definition) is 5. The van der Waals surface area contributed by atoms with Crippen molar-refractivity contribution in [3.63, 3.8) is 0 Å². The maximum atomic E-state index is 12.6. The van der Waals surface area contributed by atoms with Crippen molar-refractivity contribution in [3.05, 3.63) is 53.7 Å². The van der Waals surface area contributed by atoms with Crippen LogP contribution in [-0.2, 0) is 11.3 Å². The van der Waals surface area contributed by atoms with Crippen molar-refractivity contribution in [2.24, 2.45) is 0 Å². The minimum Gasteiger partial charge on any atom is -0.477 e. The van der Waals surface area contributed by atoms with Gasteiger partial charge in [0.05, 0.1) is 12.8 Å². The van der Waals surface area contributed by atoms with Crippen molar-refractivity contribution in [2.45, 2.75) is 25.4 Å². The van der Waals surface area contributed by atoms with Crippen LogP contribution >= 0.6 is 0 Å². The Balaban J connectivity index is 1.70. The maximum Gasteiger partial charge on any atom is 0.354 e. The molecule has 3 rings (SSSR count). The lowest BCUT2D eigenvalue weighted by molar-refractivity contribution is -0.125. The van der Waals surface area contributed by atoms with E-state index in [1.165, 1.54) is 29.4 Å². The zero-order valence-corrected chi connectivity index (χ0v) is 13.3. The molecule has 1 saturated heterocycles. The zero-order chi connectivity index (χ0) is 17.8. The number of aromatic carboxylic acids is 1. The summed E-state index contributed by atoms with van der Waals surface area (Å²) >= 11 is 0.